The average molecular weight is 664 g/mol. The van der Waals surface area contributed by atoms with E-state index in [0.29, 0.717) is 23.3 Å². The Morgan fingerprint density at radius 3 is 1.93 bits per heavy atom. The van der Waals surface area contributed by atoms with E-state index >= 15 is 0 Å². The Bertz CT molecular complexity index is 1500. The van der Waals surface area contributed by atoms with Crippen LogP contribution in [0, 0.1) is 5.92 Å². The fourth-order valence-corrected chi connectivity index (χ4v) is 5.85. The molecule has 0 aliphatic rings. The van der Waals surface area contributed by atoms with E-state index in [0.717, 1.165) is 11.8 Å². The summed E-state index contributed by atoms with van der Waals surface area (Å²) in [5, 5.41) is 8.07. The van der Waals surface area contributed by atoms with Crippen LogP contribution >= 0.6 is 11.8 Å². The number of carbonyl (C=O) groups is 2. The van der Waals surface area contributed by atoms with Crippen LogP contribution in [0.25, 0.3) is 11.1 Å². The Morgan fingerprint density at radius 2 is 1.42 bits per heavy atom. The van der Waals surface area contributed by atoms with Crippen LogP contribution in [-0.2, 0) is 26.0 Å². The van der Waals surface area contributed by atoms with Crippen molar-refractivity contribution in [2.45, 2.75) is 62.4 Å². The number of alkyl halides is 3. The molecule has 3 atom stereocenters. The van der Waals surface area contributed by atoms with E-state index in [2.05, 4.69) is 16.0 Å². The standard InChI is InChI=1S/C33H40F3N3O4S2/c1-22(2)20-29(32(41)39-28(18-19-44-3)31(40)37-21-23-8-6-5-7-9-23)38-30(33(34,35)36)26-12-10-24(11-13-26)25-14-16-27(17-15-25)45(4,42)43/h5-17,22,28-30,38H,18-21H2,1-4H3,(H,37,40)(H,39,41)/t28-,29-,30-/m0/s1. The molecule has 244 valence electrons. The molecule has 0 unspecified atom stereocenters. The van der Waals surface area contributed by atoms with E-state index in [1.807, 2.05) is 50.4 Å². The molecule has 45 heavy (non-hydrogen) atoms. The Kier molecular flexibility index (Phi) is 13.1. The third-order valence-corrected chi connectivity index (χ3v) is 8.90. The molecule has 3 rings (SSSR count). The molecule has 0 radical (unpaired) electrons. The zero-order chi connectivity index (χ0) is 33.2. The van der Waals surface area contributed by atoms with Crippen LogP contribution in [0.3, 0.4) is 0 Å². The van der Waals surface area contributed by atoms with E-state index in [4.69, 9.17) is 0 Å². The second-order valence-corrected chi connectivity index (χ2v) is 14.3. The highest BCUT2D eigenvalue weighted by Gasteiger charge is 2.43. The van der Waals surface area contributed by atoms with E-state index in [1.165, 1.54) is 48.2 Å². The summed E-state index contributed by atoms with van der Waals surface area (Å²) < 4.78 is 66.9. The highest BCUT2D eigenvalue weighted by molar-refractivity contribution is 7.98. The summed E-state index contributed by atoms with van der Waals surface area (Å²) >= 11 is 1.50. The van der Waals surface area contributed by atoms with Gasteiger partial charge in [0.25, 0.3) is 0 Å². The third kappa shape index (κ3) is 11.2. The number of thioether (sulfide) groups is 1. The van der Waals surface area contributed by atoms with Crippen molar-refractivity contribution in [2.75, 3.05) is 18.3 Å². The molecule has 0 aliphatic heterocycles. The summed E-state index contributed by atoms with van der Waals surface area (Å²) in [6, 6.07) is 16.8. The number of benzene rings is 3. The minimum Gasteiger partial charge on any atom is -0.350 e. The third-order valence-electron chi connectivity index (χ3n) is 7.13. The molecular weight excluding hydrogens is 624 g/mol. The highest BCUT2D eigenvalue weighted by Crippen LogP contribution is 2.35. The van der Waals surface area contributed by atoms with Crippen LogP contribution in [0.5, 0.6) is 0 Å². The van der Waals surface area contributed by atoms with Gasteiger partial charge in [-0.05, 0) is 65.2 Å². The maximum Gasteiger partial charge on any atom is 0.407 e. The Labute approximate surface area is 267 Å². The SMILES string of the molecule is CSCC[C@H](NC(=O)[C@H](CC(C)C)N[C@@H](c1ccc(-c2ccc(S(C)(=O)=O)cc2)cc1)C(F)(F)F)C(=O)NCc1ccccc1. The summed E-state index contributed by atoms with van der Waals surface area (Å²) in [4.78, 5) is 26.7. The van der Waals surface area contributed by atoms with E-state index in [1.54, 1.807) is 12.1 Å². The number of hydrogen-bond donors (Lipinski definition) is 3. The number of hydrogen-bond acceptors (Lipinski definition) is 6. The van der Waals surface area contributed by atoms with Gasteiger partial charge in [-0.1, -0.05) is 80.6 Å². The lowest BCUT2D eigenvalue weighted by Crippen LogP contribution is -2.54. The molecule has 0 aromatic heterocycles. The molecular formula is C33H40F3N3O4S2. The van der Waals surface area contributed by atoms with Gasteiger partial charge in [0.2, 0.25) is 11.8 Å². The quantitative estimate of drug-likeness (QED) is 0.187. The first-order chi connectivity index (χ1) is 21.2. The molecule has 0 bridgehead atoms. The fraction of sp³-hybridized carbons (Fsp3) is 0.394. The van der Waals surface area contributed by atoms with Gasteiger partial charge in [-0.15, -0.1) is 0 Å². The number of halogens is 3. The van der Waals surface area contributed by atoms with Crippen molar-refractivity contribution < 1.29 is 31.2 Å². The second kappa shape index (κ2) is 16.3. The molecule has 3 aromatic carbocycles. The van der Waals surface area contributed by atoms with Gasteiger partial charge in [0.15, 0.2) is 9.84 Å². The molecule has 0 aliphatic carbocycles. The van der Waals surface area contributed by atoms with Crippen LogP contribution < -0.4 is 16.0 Å². The van der Waals surface area contributed by atoms with E-state index < -0.39 is 46.0 Å². The number of nitrogens with one attached hydrogen (secondary N) is 3. The summed E-state index contributed by atoms with van der Waals surface area (Å²) in [6.07, 6.45) is -1.33. The number of amides is 2. The minimum atomic E-state index is -4.72. The summed E-state index contributed by atoms with van der Waals surface area (Å²) in [5.74, 6) is -0.630. The fourth-order valence-electron chi connectivity index (χ4n) is 4.75. The first kappa shape index (κ1) is 36.1. The molecule has 3 N–H and O–H groups in total. The molecule has 7 nitrogen and oxygen atoms in total. The van der Waals surface area contributed by atoms with E-state index in [9.17, 15) is 31.2 Å². The van der Waals surface area contributed by atoms with Gasteiger partial charge in [-0.3, -0.25) is 14.9 Å². The second-order valence-electron chi connectivity index (χ2n) is 11.3. The van der Waals surface area contributed by atoms with Gasteiger partial charge < -0.3 is 10.6 Å². The highest BCUT2D eigenvalue weighted by atomic mass is 32.2. The Hall–Kier alpha value is -3.35. The van der Waals surface area contributed by atoms with Gasteiger partial charge in [-0.25, -0.2) is 8.42 Å². The number of sulfone groups is 1. The molecule has 2 amide bonds. The maximum atomic E-state index is 14.4. The summed E-state index contributed by atoms with van der Waals surface area (Å²) in [6.45, 7) is 3.88. The summed E-state index contributed by atoms with van der Waals surface area (Å²) in [5.41, 5.74) is 2.05. The zero-order valence-electron chi connectivity index (χ0n) is 25.7. The van der Waals surface area contributed by atoms with Crippen LogP contribution in [0.15, 0.2) is 83.8 Å². The van der Waals surface area contributed by atoms with E-state index in [-0.39, 0.29) is 29.3 Å². The largest absolute Gasteiger partial charge is 0.407 e. The van der Waals surface area contributed by atoms with Crippen LogP contribution in [0.4, 0.5) is 13.2 Å². The Morgan fingerprint density at radius 1 is 0.844 bits per heavy atom. The molecule has 0 saturated heterocycles. The Balaban J connectivity index is 1.80. The topological polar surface area (TPSA) is 104 Å². The van der Waals surface area contributed by atoms with Crippen molar-refractivity contribution in [3.63, 3.8) is 0 Å². The molecule has 12 heteroatoms. The zero-order valence-corrected chi connectivity index (χ0v) is 27.4. The van der Waals surface area contributed by atoms with Crippen molar-refractivity contribution in [1.82, 2.24) is 16.0 Å². The molecule has 0 saturated carbocycles. The van der Waals surface area contributed by atoms with Crippen molar-refractivity contribution >= 4 is 33.4 Å². The molecule has 0 spiro atoms. The molecule has 3 aromatic rings. The van der Waals surface area contributed by atoms with Crippen molar-refractivity contribution in [1.29, 1.82) is 0 Å². The average Bonchev–Trinajstić information content (AvgIpc) is 2.99. The molecule has 0 heterocycles. The van der Waals surface area contributed by atoms with Gasteiger partial charge in [0.05, 0.1) is 10.9 Å². The number of rotatable bonds is 15. The lowest BCUT2D eigenvalue weighted by molar-refractivity contribution is -0.161. The first-order valence-corrected chi connectivity index (χ1v) is 17.8. The molecule has 0 fully saturated rings. The minimum absolute atomic E-state index is 0.0832. The first-order valence-electron chi connectivity index (χ1n) is 14.5. The summed E-state index contributed by atoms with van der Waals surface area (Å²) in [7, 11) is -3.38. The van der Waals surface area contributed by atoms with Crippen LogP contribution in [0.1, 0.15) is 43.9 Å². The smallest absolute Gasteiger partial charge is 0.350 e. The van der Waals surface area contributed by atoms with Crippen molar-refractivity contribution in [3.8, 4) is 11.1 Å². The van der Waals surface area contributed by atoms with Crippen molar-refractivity contribution in [2.24, 2.45) is 5.92 Å². The predicted molar refractivity (Wildman–Crippen MR) is 173 cm³/mol. The van der Waals surface area contributed by atoms with Crippen molar-refractivity contribution in [3.05, 3.63) is 90.0 Å². The monoisotopic (exact) mass is 663 g/mol. The lowest BCUT2D eigenvalue weighted by Gasteiger charge is -2.29. The number of carbonyl (C=O) groups excluding carboxylic acids is 2. The lowest BCUT2D eigenvalue weighted by atomic mass is 9.97. The maximum absolute atomic E-state index is 14.4. The van der Waals surface area contributed by atoms with Gasteiger partial charge in [0, 0.05) is 12.8 Å². The van der Waals surface area contributed by atoms with Gasteiger partial charge in [-0.2, -0.15) is 24.9 Å². The van der Waals surface area contributed by atoms with Crippen LogP contribution in [-0.4, -0.2) is 56.8 Å². The van der Waals surface area contributed by atoms with Gasteiger partial charge >= 0.3 is 6.18 Å². The van der Waals surface area contributed by atoms with Gasteiger partial charge in [0.1, 0.15) is 12.1 Å². The normalized spacial score (nSPS) is 14.0. The predicted octanol–water partition coefficient (Wildman–Crippen LogP) is 5.92. The van der Waals surface area contributed by atoms with Crippen LogP contribution in [0.2, 0.25) is 0 Å².